The van der Waals surface area contributed by atoms with Crippen LogP contribution in [0.1, 0.15) is 0 Å². The predicted octanol–water partition coefficient (Wildman–Crippen LogP) is -0.0202. The topological polar surface area (TPSA) is 79.8 Å². The van der Waals surface area contributed by atoms with Gasteiger partial charge in [0.05, 0.1) is 17.1 Å². The van der Waals surface area contributed by atoms with Gasteiger partial charge in [0.2, 0.25) is 5.91 Å². The van der Waals surface area contributed by atoms with Crippen LogP contribution in [-0.4, -0.2) is 21.6 Å². The molecule has 0 spiro atoms. The molecule has 2 aromatic rings. The first-order chi connectivity index (χ1) is 8.65. The number of hydrogen-bond donors (Lipinski definition) is 1. The van der Waals surface area contributed by atoms with Gasteiger partial charge in [-0.1, -0.05) is 12.1 Å². The number of aromatic nitrogens is 2. The third-order valence-corrected chi connectivity index (χ3v) is 2.72. The van der Waals surface area contributed by atoms with Crippen molar-refractivity contribution < 1.29 is 4.79 Å². The molecule has 0 aliphatic rings. The van der Waals surface area contributed by atoms with E-state index < -0.39 is 0 Å². The second kappa shape index (κ2) is 4.75. The summed E-state index contributed by atoms with van der Waals surface area (Å²) in [5.41, 5.74) is 1.23. The lowest BCUT2D eigenvalue weighted by molar-refractivity contribution is -0.121. The van der Waals surface area contributed by atoms with Crippen LogP contribution in [0.3, 0.4) is 0 Å². The second-order valence-electron chi connectivity index (χ2n) is 3.85. The number of aryl methyl sites for hydroxylation is 1. The van der Waals surface area contributed by atoms with E-state index in [4.69, 9.17) is 5.26 Å². The van der Waals surface area contributed by atoms with Gasteiger partial charge in [0.25, 0.3) is 0 Å². The summed E-state index contributed by atoms with van der Waals surface area (Å²) in [6.45, 7) is -0.139. The van der Waals surface area contributed by atoms with E-state index in [1.54, 1.807) is 13.1 Å². The van der Waals surface area contributed by atoms with Crippen molar-refractivity contribution in [2.24, 2.45) is 7.05 Å². The lowest BCUT2D eigenvalue weighted by atomic mass is 10.3. The Balaban J connectivity index is 2.40. The van der Waals surface area contributed by atoms with Crippen molar-refractivity contribution >= 4 is 16.9 Å². The molecule has 6 heteroatoms. The Morgan fingerprint density at radius 3 is 2.72 bits per heavy atom. The SMILES string of the molecule is Cn1c(=O)n(CC(=O)NCC#N)c2ccccc21. The summed E-state index contributed by atoms with van der Waals surface area (Å²) < 4.78 is 2.88. The molecular formula is C12H12N4O2. The number of nitrogens with zero attached hydrogens (tertiary/aromatic N) is 3. The normalized spacial score (nSPS) is 10.2. The molecule has 1 N–H and O–H groups in total. The van der Waals surface area contributed by atoms with Crippen molar-refractivity contribution in [2.45, 2.75) is 6.54 Å². The highest BCUT2D eigenvalue weighted by atomic mass is 16.2. The summed E-state index contributed by atoms with van der Waals surface area (Å²) in [6.07, 6.45) is 0. The van der Waals surface area contributed by atoms with E-state index in [1.807, 2.05) is 24.3 Å². The summed E-state index contributed by atoms with van der Waals surface area (Å²) in [7, 11) is 1.66. The minimum atomic E-state index is -0.352. The Hall–Kier alpha value is -2.55. The number of imidazole rings is 1. The fraction of sp³-hybridized carbons (Fsp3) is 0.250. The molecule has 0 aliphatic carbocycles. The quantitative estimate of drug-likeness (QED) is 0.770. The minimum Gasteiger partial charge on any atom is -0.341 e. The molecule has 1 amide bonds. The monoisotopic (exact) mass is 244 g/mol. The Kier molecular flexibility index (Phi) is 3.15. The van der Waals surface area contributed by atoms with Gasteiger partial charge >= 0.3 is 5.69 Å². The fourth-order valence-electron chi connectivity index (χ4n) is 1.85. The number of fused-ring (bicyclic) bond motifs is 1. The molecule has 2 rings (SSSR count). The smallest absolute Gasteiger partial charge is 0.329 e. The zero-order chi connectivity index (χ0) is 13.1. The highest BCUT2D eigenvalue weighted by Gasteiger charge is 2.12. The van der Waals surface area contributed by atoms with Gasteiger partial charge in [0.1, 0.15) is 13.1 Å². The highest BCUT2D eigenvalue weighted by molar-refractivity contribution is 5.80. The number of nitrogens with one attached hydrogen (secondary N) is 1. The summed E-state index contributed by atoms with van der Waals surface area (Å²) in [5, 5.41) is 10.8. The van der Waals surface area contributed by atoms with Gasteiger partial charge in [-0.2, -0.15) is 5.26 Å². The van der Waals surface area contributed by atoms with Gasteiger partial charge < -0.3 is 5.32 Å². The van der Waals surface area contributed by atoms with E-state index in [1.165, 1.54) is 9.13 Å². The molecule has 0 aliphatic heterocycles. The number of amides is 1. The second-order valence-corrected chi connectivity index (χ2v) is 3.85. The Labute approximate surface area is 103 Å². The minimum absolute atomic E-state index is 0.0572. The first-order valence-electron chi connectivity index (χ1n) is 5.43. The molecule has 0 saturated carbocycles. The molecule has 1 aromatic heterocycles. The molecular weight excluding hydrogens is 232 g/mol. The van der Waals surface area contributed by atoms with Crippen LogP contribution in [0.25, 0.3) is 11.0 Å². The lowest BCUT2D eigenvalue weighted by Crippen LogP contribution is -2.32. The van der Waals surface area contributed by atoms with Gasteiger partial charge in [-0.3, -0.25) is 13.9 Å². The van der Waals surface area contributed by atoms with E-state index >= 15 is 0 Å². The zero-order valence-electron chi connectivity index (χ0n) is 9.88. The van der Waals surface area contributed by atoms with Crippen LogP contribution in [0, 0.1) is 11.3 Å². The third-order valence-electron chi connectivity index (χ3n) is 2.72. The zero-order valence-corrected chi connectivity index (χ0v) is 9.88. The molecule has 1 heterocycles. The number of nitriles is 1. The number of carbonyl (C=O) groups is 1. The average molecular weight is 244 g/mol. The number of benzene rings is 1. The van der Waals surface area contributed by atoms with Gasteiger partial charge in [0.15, 0.2) is 0 Å². The van der Waals surface area contributed by atoms with Crippen LogP contribution in [0.2, 0.25) is 0 Å². The number of carbonyl (C=O) groups excluding carboxylic acids is 1. The van der Waals surface area contributed by atoms with Gasteiger partial charge in [-0.05, 0) is 12.1 Å². The van der Waals surface area contributed by atoms with Crippen LogP contribution < -0.4 is 11.0 Å². The maximum atomic E-state index is 12.0. The van der Waals surface area contributed by atoms with Crippen LogP contribution in [-0.2, 0) is 18.4 Å². The maximum Gasteiger partial charge on any atom is 0.329 e. The van der Waals surface area contributed by atoms with E-state index in [0.717, 1.165) is 5.52 Å². The first kappa shape index (κ1) is 11.9. The summed E-state index contributed by atoms with van der Waals surface area (Å²) >= 11 is 0. The Morgan fingerprint density at radius 2 is 2.06 bits per heavy atom. The Bertz CT molecular complexity index is 690. The molecule has 18 heavy (non-hydrogen) atoms. The third kappa shape index (κ3) is 1.98. The van der Waals surface area contributed by atoms with Crippen molar-refractivity contribution in [1.29, 1.82) is 5.26 Å². The number of rotatable bonds is 3. The number of para-hydroxylation sites is 2. The fourth-order valence-corrected chi connectivity index (χ4v) is 1.85. The summed E-state index contributed by atoms with van der Waals surface area (Å²) in [4.78, 5) is 23.5. The molecule has 0 fully saturated rings. The van der Waals surface area contributed by atoms with Crippen molar-refractivity contribution in [1.82, 2.24) is 14.5 Å². The van der Waals surface area contributed by atoms with E-state index in [-0.39, 0.29) is 24.7 Å². The molecule has 0 unspecified atom stereocenters. The first-order valence-corrected chi connectivity index (χ1v) is 5.43. The molecule has 92 valence electrons. The van der Waals surface area contributed by atoms with Crippen LogP contribution in [0.4, 0.5) is 0 Å². The van der Waals surface area contributed by atoms with Gasteiger partial charge in [0, 0.05) is 7.05 Å². The Morgan fingerprint density at radius 1 is 1.39 bits per heavy atom. The van der Waals surface area contributed by atoms with E-state index in [9.17, 15) is 9.59 Å². The standard InChI is InChI=1S/C12H12N4O2/c1-15-9-4-2-3-5-10(9)16(12(15)18)8-11(17)14-7-6-13/h2-5H,7-8H2,1H3,(H,14,17). The van der Waals surface area contributed by atoms with Gasteiger partial charge in [-0.15, -0.1) is 0 Å². The average Bonchev–Trinajstić information content (AvgIpc) is 2.62. The van der Waals surface area contributed by atoms with Crippen molar-refractivity contribution in [3.8, 4) is 6.07 Å². The lowest BCUT2D eigenvalue weighted by Gasteiger charge is -2.02. The van der Waals surface area contributed by atoms with Crippen molar-refractivity contribution in [3.05, 3.63) is 34.7 Å². The van der Waals surface area contributed by atoms with Crippen LogP contribution >= 0.6 is 0 Å². The van der Waals surface area contributed by atoms with Crippen molar-refractivity contribution in [2.75, 3.05) is 6.54 Å². The molecule has 0 bridgehead atoms. The van der Waals surface area contributed by atoms with Crippen LogP contribution in [0.5, 0.6) is 0 Å². The summed E-state index contributed by atoms with van der Waals surface area (Å²) in [6, 6.07) is 9.07. The molecule has 0 saturated heterocycles. The van der Waals surface area contributed by atoms with Crippen molar-refractivity contribution in [3.63, 3.8) is 0 Å². The predicted molar refractivity (Wildman–Crippen MR) is 65.8 cm³/mol. The largest absolute Gasteiger partial charge is 0.341 e. The molecule has 0 radical (unpaired) electrons. The molecule has 6 nitrogen and oxygen atoms in total. The maximum absolute atomic E-state index is 12.0. The summed E-state index contributed by atoms with van der Waals surface area (Å²) in [5.74, 6) is -0.352. The highest BCUT2D eigenvalue weighted by Crippen LogP contribution is 2.10. The van der Waals surface area contributed by atoms with E-state index in [2.05, 4.69) is 5.32 Å². The van der Waals surface area contributed by atoms with Crippen LogP contribution in [0.15, 0.2) is 29.1 Å². The van der Waals surface area contributed by atoms with Gasteiger partial charge in [-0.25, -0.2) is 4.79 Å². The molecule has 0 atom stereocenters. The molecule has 1 aromatic carbocycles. The van der Waals surface area contributed by atoms with E-state index in [0.29, 0.717) is 5.52 Å². The number of hydrogen-bond acceptors (Lipinski definition) is 3.